The van der Waals surface area contributed by atoms with Crippen LogP contribution in [0.25, 0.3) is 0 Å². The molecule has 3 heterocycles. The van der Waals surface area contributed by atoms with Gasteiger partial charge in [-0.2, -0.15) is 0 Å². The summed E-state index contributed by atoms with van der Waals surface area (Å²) in [6.07, 6.45) is 4.77. The van der Waals surface area contributed by atoms with Crippen molar-refractivity contribution in [2.45, 2.75) is 65.3 Å². The Labute approximate surface area is 166 Å². The van der Waals surface area contributed by atoms with Crippen molar-refractivity contribution in [2.75, 3.05) is 50.7 Å². The van der Waals surface area contributed by atoms with Crippen LogP contribution in [0.15, 0.2) is 18.3 Å². The van der Waals surface area contributed by atoms with Crippen molar-refractivity contribution in [1.29, 1.82) is 0 Å². The lowest BCUT2D eigenvalue weighted by Gasteiger charge is -2.43. The third kappa shape index (κ3) is 5.45. The smallest absolute Gasteiger partial charge is 0.128 e. The fraction of sp³-hybridized carbons (Fsp3) is 0.783. The zero-order valence-corrected chi connectivity index (χ0v) is 18.5. The van der Waals surface area contributed by atoms with E-state index in [0.717, 1.165) is 24.8 Å². The summed E-state index contributed by atoms with van der Waals surface area (Å²) in [6, 6.07) is 4.45. The minimum absolute atomic E-state index is 0.173. The Morgan fingerprint density at radius 1 is 0.889 bits per heavy atom. The second-order valence-corrected chi connectivity index (χ2v) is 10.5. The molecule has 0 aliphatic carbocycles. The summed E-state index contributed by atoms with van der Waals surface area (Å²) >= 11 is 0. The van der Waals surface area contributed by atoms with E-state index in [2.05, 4.69) is 74.6 Å². The van der Waals surface area contributed by atoms with E-state index in [1.165, 1.54) is 51.1 Å². The number of hydrogen-bond acceptors (Lipinski definition) is 4. The molecule has 0 unspecified atom stereocenters. The van der Waals surface area contributed by atoms with Crippen molar-refractivity contribution in [3.8, 4) is 0 Å². The monoisotopic (exact) mass is 372 g/mol. The highest BCUT2D eigenvalue weighted by molar-refractivity contribution is 5.41. The van der Waals surface area contributed by atoms with Gasteiger partial charge in [0.15, 0.2) is 0 Å². The minimum Gasteiger partial charge on any atom is -0.354 e. The summed E-state index contributed by atoms with van der Waals surface area (Å²) in [6.45, 7) is 22.1. The van der Waals surface area contributed by atoms with Gasteiger partial charge in [0.25, 0.3) is 0 Å². The number of aromatic nitrogens is 1. The van der Waals surface area contributed by atoms with Gasteiger partial charge in [-0.15, -0.1) is 0 Å². The van der Waals surface area contributed by atoms with E-state index in [0.29, 0.717) is 5.54 Å². The molecule has 0 N–H and O–H groups in total. The lowest BCUT2D eigenvalue weighted by atomic mass is 9.88. The number of likely N-dealkylation sites (tertiary alicyclic amines) is 1. The van der Waals surface area contributed by atoms with Gasteiger partial charge in [0.05, 0.1) is 0 Å². The first-order valence-electron chi connectivity index (χ1n) is 10.8. The third-order valence-electron chi connectivity index (χ3n) is 6.39. The summed E-state index contributed by atoms with van der Waals surface area (Å²) in [5.74, 6) is 2.01. The van der Waals surface area contributed by atoms with Gasteiger partial charge in [-0.3, -0.25) is 9.80 Å². The Hall–Kier alpha value is -1.13. The molecule has 0 aromatic carbocycles. The lowest BCUT2D eigenvalue weighted by Crippen LogP contribution is -2.50. The molecule has 1 aromatic rings. The normalized spacial score (nSPS) is 21.6. The number of hydrogen-bond donors (Lipinski definition) is 0. The molecule has 0 atom stereocenters. The first-order valence-corrected chi connectivity index (χ1v) is 10.8. The van der Waals surface area contributed by atoms with Crippen molar-refractivity contribution in [3.05, 3.63) is 23.9 Å². The van der Waals surface area contributed by atoms with Crippen molar-refractivity contribution in [2.24, 2.45) is 5.92 Å². The van der Waals surface area contributed by atoms with Crippen molar-refractivity contribution < 1.29 is 0 Å². The van der Waals surface area contributed by atoms with Gasteiger partial charge in [0, 0.05) is 44.5 Å². The molecule has 0 spiro atoms. The number of pyridine rings is 1. The summed E-state index contributed by atoms with van der Waals surface area (Å²) in [5.41, 5.74) is 1.81. The average molecular weight is 373 g/mol. The van der Waals surface area contributed by atoms with Crippen LogP contribution >= 0.6 is 0 Å². The topological polar surface area (TPSA) is 22.6 Å². The van der Waals surface area contributed by atoms with E-state index >= 15 is 0 Å². The zero-order valence-electron chi connectivity index (χ0n) is 18.5. The maximum Gasteiger partial charge on any atom is 0.128 e. The highest BCUT2D eigenvalue weighted by Crippen LogP contribution is 2.26. The molecule has 2 fully saturated rings. The van der Waals surface area contributed by atoms with Crippen LogP contribution < -0.4 is 4.90 Å². The van der Waals surface area contributed by atoms with Crippen molar-refractivity contribution in [1.82, 2.24) is 14.8 Å². The summed E-state index contributed by atoms with van der Waals surface area (Å²) < 4.78 is 0. The highest BCUT2D eigenvalue weighted by Gasteiger charge is 2.28. The number of piperazine rings is 1. The number of anilines is 1. The Morgan fingerprint density at radius 3 is 2.00 bits per heavy atom. The highest BCUT2D eigenvalue weighted by atomic mass is 15.3. The number of rotatable bonds is 3. The first kappa shape index (κ1) is 20.6. The minimum atomic E-state index is 0.173. The quantitative estimate of drug-likeness (QED) is 0.799. The number of piperidine rings is 1. The van der Waals surface area contributed by atoms with E-state index in [1.54, 1.807) is 0 Å². The Kier molecular flexibility index (Phi) is 6.17. The standard InChI is InChI=1S/C23H40N4/c1-22(2,3)20-7-8-21(24-17-20)26-15-13-25(14-16-26)18-19-9-11-27(12-10-19)23(4,5)6/h7-8,17,19H,9-16,18H2,1-6H3. The van der Waals surface area contributed by atoms with Crippen LogP contribution in [0.5, 0.6) is 0 Å². The van der Waals surface area contributed by atoms with Crippen LogP contribution in [-0.2, 0) is 5.41 Å². The van der Waals surface area contributed by atoms with E-state index in [4.69, 9.17) is 4.98 Å². The second kappa shape index (κ2) is 8.08. The van der Waals surface area contributed by atoms with Crippen molar-refractivity contribution in [3.63, 3.8) is 0 Å². The number of nitrogens with zero attached hydrogens (tertiary/aromatic N) is 4. The summed E-state index contributed by atoms with van der Waals surface area (Å²) in [4.78, 5) is 12.5. The Bertz CT molecular complexity index is 580. The van der Waals surface area contributed by atoms with E-state index in [1.807, 2.05) is 0 Å². The molecule has 3 rings (SSSR count). The van der Waals surface area contributed by atoms with E-state index in [-0.39, 0.29) is 5.41 Å². The molecule has 0 amide bonds. The molecule has 1 aromatic heterocycles. The van der Waals surface area contributed by atoms with Gasteiger partial charge >= 0.3 is 0 Å². The van der Waals surface area contributed by atoms with Gasteiger partial charge in [0.1, 0.15) is 5.82 Å². The Morgan fingerprint density at radius 2 is 1.52 bits per heavy atom. The van der Waals surface area contributed by atoms with Gasteiger partial charge in [-0.05, 0) is 69.7 Å². The molecule has 0 bridgehead atoms. The zero-order chi connectivity index (χ0) is 19.7. The molecular formula is C23H40N4. The SMILES string of the molecule is CC(C)(C)c1ccc(N2CCN(CC3CCN(C(C)(C)C)CC3)CC2)nc1. The fourth-order valence-corrected chi connectivity index (χ4v) is 4.33. The second-order valence-electron chi connectivity index (χ2n) is 10.5. The molecule has 0 radical (unpaired) electrons. The van der Waals surface area contributed by atoms with Crippen LogP contribution in [0.4, 0.5) is 5.82 Å². The molecule has 2 saturated heterocycles. The van der Waals surface area contributed by atoms with Crippen LogP contribution in [0.3, 0.4) is 0 Å². The first-order chi connectivity index (χ1) is 12.6. The molecule has 27 heavy (non-hydrogen) atoms. The van der Waals surface area contributed by atoms with E-state index < -0.39 is 0 Å². The van der Waals surface area contributed by atoms with Gasteiger partial charge < -0.3 is 4.90 Å². The van der Waals surface area contributed by atoms with Crippen LogP contribution in [0, 0.1) is 5.92 Å². The van der Waals surface area contributed by atoms with Crippen LogP contribution in [0.1, 0.15) is 59.9 Å². The summed E-state index contributed by atoms with van der Waals surface area (Å²) in [5, 5.41) is 0. The predicted octanol–water partition coefficient (Wildman–Crippen LogP) is 4.01. The molecule has 4 nitrogen and oxygen atoms in total. The molecule has 152 valence electrons. The molecule has 2 aliphatic heterocycles. The molecule has 4 heteroatoms. The summed E-state index contributed by atoms with van der Waals surface area (Å²) in [7, 11) is 0. The largest absolute Gasteiger partial charge is 0.354 e. The molecule has 0 saturated carbocycles. The van der Waals surface area contributed by atoms with Gasteiger partial charge in [-0.25, -0.2) is 4.98 Å². The Balaban J connectivity index is 1.44. The van der Waals surface area contributed by atoms with E-state index in [9.17, 15) is 0 Å². The lowest BCUT2D eigenvalue weighted by molar-refractivity contribution is 0.0735. The van der Waals surface area contributed by atoms with Crippen LogP contribution in [0.2, 0.25) is 0 Å². The fourth-order valence-electron chi connectivity index (χ4n) is 4.33. The predicted molar refractivity (Wildman–Crippen MR) is 116 cm³/mol. The van der Waals surface area contributed by atoms with Crippen molar-refractivity contribution >= 4 is 5.82 Å². The van der Waals surface area contributed by atoms with Gasteiger partial charge in [0.2, 0.25) is 0 Å². The maximum atomic E-state index is 4.74. The molecule has 2 aliphatic rings. The third-order valence-corrected chi connectivity index (χ3v) is 6.39. The van der Waals surface area contributed by atoms with Gasteiger partial charge in [-0.1, -0.05) is 26.8 Å². The maximum absolute atomic E-state index is 4.74. The average Bonchev–Trinajstić information content (AvgIpc) is 2.61. The molecular weight excluding hydrogens is 332 g/mol. The van der Waals surface area contributed by atoms with Crippen LogP contribution in [-0.4, -0.2) is 66.1 Å².